The van der Waals surface area contributed by atoms with Crippen LogP contribution in [0.25, 0.3) is 0 Å². The summed E-state index contributed by atoms with van der Waals surface area (Å²) in [5.74, 6) is 0. The summed E-state index contributed by atoms with van der Waals surface area (Å²) < 4.78 is 0. The van der Waals surface area contributed by atoms with Crippen molar-refractivity contribution in [2.45, 2.75) is 0 Å². The fraction of sp³-hybridized carbons (Fsp3) is 0. The van der Waals surface area contributed by atoms with Gasteiger partial charge in [0.1, 0.15) is 0 Å². The standard InChI is InChI=1S/C18H6BN9O18/c29-20(30)7-1-10(23(35)36)16(11(2-7)24(37)38)19(17-12(25(39)40)3-8(21(31)32)4-13(17)26(41)42)18-14(27(43)44)5-9(22(33)34)6-15(18)28(45)46/h1-6H. The molecule has 3 rings (SSSR count). The predicted octanol–water partition coefficient (Wildman–Crippen LogP) is 1.38. The average Bonchev–Trinajstić information content (AvgIpc) is 2.95. The first-order chi connectivity index (χ1) is 21.3. The molecule has 0 saturated heterocycles. The summed E-state index contributed by atoms with van der Waals surface area (Å²) in [6, 6.07) is -0.0747. The van der Waals surface area contributed by atoms with Crippen LogP contribution in [-0.2, 0) is 0 Å². The number of hydrogen-bond acceptors (Lipinski definition) is 18. The van der Waals surface area contributed by atoms with E-state index in [4.69, 9.17) is 0 Å². The molecule has 0 heterocycles. The van der Waals surface area contributed by atoms with Gasteiger partial charge in [0.15, 0.2) is 0 Å². The minimum absolute atomic E-state index is 0.0125. The second-order valence-electron chi connectivity index (χ2n) is 8.44. The summed E-state index contributed by atoms with van der Waals surface area (Å²) in [4.78, 5) is 93.3. The first kappa shape index (κ1) is 32.8. The van der Waals surface area contributed by atoms with Crippen molar-refractivity contribution in [2.75, 3.05) is 0 Å². The third kappa shape index (κ3) is 5.81. The van der Waals surface area contributed by atoms with Crippen molar-refractivity contribution >= 4 is 74.3 Å². The van der Waals surface area contributed by atoms with Gasteiger partial charge in [0.2, 0.25) is 0 Å². The molecule has 0 saturated carbocycles. The smallest absolute Gasteiger partial charge is 0.258 e. The summed E-state index contributed by atoms with van der Waals surface area (Å²) in [7, 11) is 0. The van der Waals surface area contributed by atoms with Gasteiger partial charge in [-0.2, -0.15) is 0 Å². The van der Waals surface area contributed by atoms with Gasteiger partial charge in [0.05, 0.1) is 97.1 Å². The lowest BCUT2D eigenvalue weighted by atomic mass is 9.34. The van der Waals surface area contributed by atoms with Crippen LogP contribution in [0.2, 0.25) is 0 Å². The molecule has 0 aliphatic rings. The minimum Gasteiger partial charge on any atom is -0.258 e. The van der Waals surface area contributed by atoms with Crippen molar-refractivity contribution in [1.82, 2.24) is 0 Å². The Bertz CT molecular complexity index is 1650. The van der Waals surface area contributed by atoms with Crippen LogP contribution in [0, 0.1) is 91.0 Å². The van der Waals surface area contributed by atoms with E-state index < -0.39 is 119 Å². The summed E-state index contributed by atoms with van der Waals surface area (Å²) in [6.45, 7) is -3.15. The van der Waals surface area contributed by atoms with Gasteiger partial charge < -0.3 is 0 Å². The van der Waals surface area contributed by atoms with Gasteiger partial charge in [0, 0.05) is 0 Å². The molecule has 0 spiro atoms. The number of nitrogens with zero attached hydrogens (tertiary/aromatic N) is 9. The Labute approximate surface area is 246 Å². The average molecular weight is 647 g/mol. The second-order valence-corrected chi connectivity index (χ2v) is 8.44. The molecule has 0 N–H and O–H groups in total. The molecule has 3 aromatic rings. The van der Waals surface area contributed by atoms with E-state index in [9.17, 15) is 91.0 Å². The number of nitro benzene ring substituents is 9. The number of nitro groups is 9. The van der Waals surface area contributed by atoms with E-state index in [-0.39, 0.29) is 36.4 Å². The van der Waals surface area contributed by atoms with Gasteiger partial charge in [-0.15, -0.1) is 0 Å². The molecule has 0 amide bonds. The van der Waals surface area contributed by atoms with Crippen molar-refractivity contribution < 1.29 is 44.3 Å². The SMILES string of the molecule is O=[N+]([O-])c1cc([N+](=O)[O-])c(B(c2c([N+](=O)[O-])cc([N+](=O)[O-])cc2[N+](=O)[O-])c2c([N+](=O)[O-])cc([N+](=O)[O-])cc2[N+](=O)[O-])c([N+](=O)[O-])c1. The molecule has 0 atom stereocenters. The van der Waals surface area contributed by atoms with Crippen LogP contribution in [0.15, 0.2) is 36.4 Å². The van der Waals surface area contributed by atoms with Gasteiger partial charge in [-0.25, -0.2) is 0 Å². The lowest BCUT2D eigenvalue weighted by Gasteiger charge is -2.16. The summed E-state index contributed by atoms with van der Waals surface area (Å²) >= 11 is 0. The molecule has 28 heteroatoms. The molecule has 0 bridgehead atoms. The summed E-state index contributed by atoms with van der Waals surface area (Å²) in [5, 5.41) is 107. The van der Waals surface area contributed by atoms with Crippen LogP contribution < -0.4 is 16.4 Å². The molecule has 234 valence electrons. The van der Waals surface area contributed by atoms with E-state index in [1.165, 1.54) is 0 Å². The van der Waals surface area contributed by atoms with Crippen LogP contribution in [0.3, 0.4) is 0 Å². The lowest BCUT2D eigenvalue weighted by Crippen LogP contribution is -2.56. The Kier molecular flexibility index (Phi) is 8.50. The normalized spacial score (nSPS) is 10.4. The Hall–Kier alpha value is -7.68. The van der Waals surface area contributed by atoms with Gasteiger partial charge >= 0.3 is 0 Å². The topological polar surface area (TPSA) is 388 Å². The first-order valence-electron chi connectivity index (χ1n) is 11.1. The molecule has 0 unspecified atom stereocenters. The molecule has 0 radical (unpaired) electrons. The second kappa shape index (κ2) is 11.9. The van der Waals surface area contributed by atoms with Crippen molar-refractivity contribution in [2.24, 2.45) is 0 Å². The Morgan fingerprint density at radius 1 is 0.304 bits per heavy atom. The largest absolute Gasteiger partial charge is 0.295 e. The molecular formula is C18H6BN9O18. The Balaban J connectivity index is 2.93. The fourth-order valence-corrected chi connectivity index (χ4v) is 4.37. The van der Waals surface area contributed by atoms with Crippen molar-refractivity contribution in [1.29, 1.82) is 0 Å². The molecule has 0 aromatic heterocycles. The highest BCUT2D eigenvalue weighted by atomic mass is 16.7. The molecule has 46 heavy (non-hydrogen) atoms. The highest BCUT2D eigenvalue weighted by molar-refractivity contribution is 6.99. The predicted molar refractivity (Wildman–Crippen MR) is 144 cm³/mol. The van der Waals surface area contributed by atoms with Gasteiger partial charge in [0.25, 0.3) is 57.9 Å². The summed E-state index contributed by atoms with van der Waals surface area (Å²) in [6.07, 6.45) is 0. The summed E-state index contributed by atoms with van der Waals surface area (Å²) in [5.41, 5.74) is -19.9. The van der Waals surface area contributed by atoms with Crippen LogP contribution in [0.5, 0.6) is 0 Å². The van der Waals surface area contributed by atoms with E-state index in [0.717, 1.165) is 0 Å². The molecule has 3 aromatic carbocycles. The highest BCUT2D eigenvalue weighted by Crippen LogP contribution is 2.34. The zero-order valence-electron chi connectivity index (χ0n) is 21.4. The molecule has 0 aliphatic carbocycles. The molecule has 27 nitrogen and oxygen atoms in total. The monoisotopic (exact) mass is 647 g/mol. The van der Waals surface area contributed by atoms with E-state index in [2.05, 4.69) is 0 Å². The Morgan fingerprint density at radius 3 is 0.565 bits per heavy atom. The lowest BCUT2D eigenvalue weighted by molar-refractivity contribution is -0.401. The van der Waals surface area contributed by atoms with Crippen LogP contribution >= 0.6 is 0 Å². The number of non-ortho nitro benzene ring substituents is 3. The zero-order chi connectivity index (χ0) is 34.9. The van der Waals surface area contributed by atoms with Gasteiger partial charge in [-0.05, 0) is 0 Å². The number of hydrogen-bond donors (Lipinski definition) is 0. The maximum absolute atomic E-state index is 12.1. The van der Waals surface area contributed by atoms with E-state index in [1.807, 2.05) is 0 Å². The maximum Gasteiger partial charge on any atom is 0.295 e. The van der Waals surface area contributed by atoms with Crippen LogP contribution in [0.4, 0.5) is 51.2 Å². The molecular weight excluding hydrogens is 641 g/mol. The van der Waals surface area contributed by atoms with E-state index in [1.54, 1.807) is 0 Å². The number of benzene rings is 3. The third-order valence-electron chi connectivity index (χ3n) is 6.04. The van der Waals surface area contributed by atoms with E-state index >= 15 is 0 Å². The fourth-order valence-electron chi connectivity index (χ4n) is 4.37. The molecule has 0 fully saturated rings. The van der Waals surface area contributed by atoms with E-state index in [0.29, 0.717) is 0 Å². The highest BCUT2D eigenvalue weighted by Gasteiger charge is 2.52. The van der Waals surface area contributed by atoms with Gasteiger partial charge in [-0.1, -0.05) is 0 Å². The maximum atomic E-state index is 12.1. The third-order valence-corrected chi connectivity index (χ3v) is 6.04. The van der Waals surface area contributed by atoms with Gasteiger partial charge in [-0.3, -0.25) is 91.0 Å². The molecule has 0 aliphatic heterocycles. The minimum atomic E-state index is -3.15. The van der Waals surface area contributed by atoms with Crippen molar-refractivity contribution in [3.63, 3.8) is 0 Å². The van der Waals surface area contributed by atoms with Crippen molar-refractivity contribution in [3.05, 3.63) is 127 Å². The number of rotatable bonds is 12. The van der Waals surface area contributed by atoms with Crippen LogP contribution in [0.1, 0.15) is 0 Å². The van der Waals surface area contributed by atoms with Crippen molar-refractivity contribution in [3.8, 4) is 0 Å². The zero-order valence-corrected chi connectivity index (χ0v) is 21.4. The first-order valence-corrected chi connectivity index (χ1v) is 11.1. The Morgan fingerprint density at radius 2 is 0.457 bits per heavy atom. The van der Waals surface area contributed by atoms with Crippen LogP contribution in [-0.4, -0.2) is 51.0 Å². The quantitative estimate of drug-likeness (QED) is 0.152.